The molecule has 0 atom stereocenters. The van der Waals surface area contributed by atoms with Crippen LogP contribution in [0.1, 0.15) is 31.7 Å². The molecule has 6 heteroatoms. The zero-order chi connectivity index (χ0) is 14.3. The molecule has 0 unspecified atom stereocenters. The zero-order valence-electron chi connectivity index (χ0n) is 11.3. The van der Waals surface area contributed by atoms with Crippen LogP contribution < -0.4 is 9.64 Å². The smallest absolute Gasteiger partial charge is 0.228 e. The number of aromatic nitrogens is 1. The summed E-state index contributed by atoms with van der Waals surface area (Å²) in [4.78, 5) is 18.3. The second-order valence-electron chi connectivity index (χ2n) is 5.73. The van der Waals surface area contributed by atoms with E-state index >= 15 is 0 Å². The SMILES string of the molecule is CC1(O)CC(N2C(=O)CCc3cc(OCBr)cnc32)C1. The zero-order valence-corrected chi connectivity index (χ0v) is 12.9. The molecule has 1 aromatic heterocycles. The van der Waals surface area contributed by atoms with E-state index in [-0.39, 0.29) is 11.9 Å². The normalized spacial score (nSPS) is 28.9. The lowest BCUT2D eigenvalue weighted by atomic mass is 9.75. The topological polar surface area (TPSA) is 62.7 Å². The van der Waals surface area contributed by atoms with Crippen molar-refractivity contribution in [2.75, 3.05) is 10.4 Å². The van der Waals surface area contributed by atoms with Crippen LogP contribution >= 0.6 is 15.9 Å². The summed E-state index contributed by atoms with van der Waals surface area (Å²) < 4.78 is 5.38. The third-order valence-electron chi connectivity index (χ3n) is 3.96. The number of alkyl halides is 1. The van der Waals surface area contributed by atoms with Gasteiger partial charge >= 0.3 is 0 Å². The number of anilines is 1. The molecule has 1 amide bonds. The van der Waals surface area contributed by atoms with Gasteiger partial charge in [-0.3, -0.25) is 9.69 Å². The van der Waals surface area contributed by atoms with Gasteiger partial charge in [-0.25, -0.2) is 4.98 Å². The van der Waals surface area contributed by atoms with Crippen LogP contribution in [0.5, 0.6) is 5.75 Å². The summed E-state index contributed by atoms with van der Waals surface area (Å²) in [5, 5.41) is 9.88. The summed E-state index contributed by atoms with van der Waals surface area (Å²) in [6.45, 7) is 1.80. The number of carbonyl (C=O) groups is 1. The van der Waals surface area contributed by atoms with Crippen molar-refractivity contribution in [3.63, 3.8) is 0 Å². The lowest BCUT2D eigenvalue weighted by molar-refractivity contribution is -0.121. The second kappa shape index (κ2) is 5.00. The minimum absolute atomic E-state index is 0.0620. The molecule has 0 spiro atoms. The molecular formula is C14H17BrN2O3. The highest BCUT2D eigenvalue weighted by atomic mass is 79.9. The first-order valence-corrected chi connectivity index (χ1v) is 7.84. The van der Waals surface area contributed by atoms with Gasteiger partial charge in [0, 0.05) is 12.5 Å². The fraction of sp³-hybridized carbons (Fsp3) is 0.571. The number of amides is 1. The fourth-order valence-electron chi connectivity index (χ4n) is 3.02. The Morgan fingerprint density at radius 1 is 1.55 bits per heavy atom. The summed E-state index contributed by atoms with van der Waals surface area (Å²) >= 11 is 3.22. The average Bonchev–Trinajstić information content (AvgIpc) is 2.36. The maximum absolute atomic E-state index is 12.2. The molecule has 1 aromatic rings. The van der Waals surface area contributed by atoms with Crippen molar-refractivity contribution >= 4 is 27.7 Å². The van der Waals surface area contributed by atoms with Gasteiger partial charge in [0.05, 0.1) is 11.8 Å². The maximum Gasteiger partial charge on any atom is 0.228 e. The van der Waals surface area contributed by atoms with E-state index in [9.17, 15) is 9.90 Å². The van der Waals surface area contributed by atoms with Crippen molar-refractivity contribution < 1.29 is 14.6 Å². The van der Waals surface area contributed by atoms with E-state index in [4.69, 9.17) is 4.74 Å². The average molecular weight is 341 g/mol. The number of aryl methyl sites for hydroxylation is 1. The molecule has 1 N–H and O–H groups in total. The van der Waals surface area contributed by atoms with Gasteiger partial charge in [-0.15, -0.1) is 0 Å². The van der Waals surface area contributed by atoms with E-state index in [0.717, 1.165) is 11.4 Å². The van der Waals surface area contributed by atoms with Gasteiger partial charge in [0.15, 0.2) is 0 Å². The van der Waals surface area contributed by atoms with E-state index in [2.05, 4.69) is 20.9 Å². The molecule has 5 nitrogen and oxygen atoms in total. The molecule has 2 heterocycles. The summed E-state index contributed by atoms with van der Waals surface area (Å²) in [7, 11) is 0. The fourth-order valence-corrected chi connectivity index (χ4v) is 3.28. The van der Waals surface area contributed by atoms with Crippen molar-refractivity contribution in [1.82, 2.24) is 4.98 Å². The van der Waals surface area contributed by atoms with E-state index in [0.29, 0.717) is 36.9 Å². The summed E-state index contributed by atoms with van der Waals surface area (Å²) in [6, 6.07) is 2.01. The van der Waals surface area contributed by atoms with Crippen LogP contribution in [0, 0.1) is 0 Å². The van der Waals surface area contributed by atoms with Crippen LogP contribution in [0.4, 0.5) is 5.82 Å². The molecule has 1 aliphatic carbocycles. The van der Waals surface area contributed by atoms with Gasteiger partial charge in [-0.1, -0.05) is 0 Å². The number of rotatable bonds is 3. The molecule has 20 heavy (non-hydrogen) atoms. The Kier molecular flexibility index (Phi) is 3.46. The van der Waals surface area contributed by atoms with E-state index in [1.54, 1.807) is 18.0 Å². The van der Waals surface area contributed by atoms with Crippen LogP contribution in [-0.2, 0) is 11.2 Å². The molecule has 2 aliphatic rings. The first-order chi connectivity index (χ1) is 9.50. The van der Waals surface area contributed by atoms with Crippen LogP contribution in [0.3, 0.4) is 0 Å². The van der Waals surface area contributed by atoms with Gasteiger partial charge in [0.1, 0.15) is 17.1 Å². The quantitative estimate of drug-likeness (QED) is 0.855. The minimum Gasteiger partial charge on any atom is -0.481 e. The predicted molar refractivity (Wildman–Crippen MR) is 78.1 cm³/mol. The third kappa shape index (κ3) is 2.42. The lowest BCUT2D eigenvalue weighted by Gasteiger charge is -2.47. The van der Waals surface area contributed by atoms with Crippen LogP contribution in [-0.4, -0.2) is 33.2 Å². The number of ether oxygens (including phenoxy) is 1. The van der Waals surface area contributed by atoms with Gasteiger partial charge in [0.25, 0.3) is 0 Å². The molecule has 1 fully saturated rings. The van der Waals surface area contributed by atoms with Crippen LogP contribution in [0.25, 0.3) is 0 Å². The van der Waals surface area contributed by atoms with E-state index in [1.165, 1.54) is 0 Å². The number of fused-ring (bicyclic) bond motifs is 1. The van der Waals surface area contributed by atoms with Gasteiger partial charge in [-0.2, -0.15) is 0 Å². The molecular weight excluding hydrogens is 324 g/mol. The molecule has 108 valence electrons. The van der Waals surface area contributed by atoms with Gasteiger partial charge in [-0.05, 0) is 53.7 Å². The molecule has 1 saturated carbocycles. The van der Waals surface area contributed by atoms with Crippen molar-refractivity contribution in [3.8, 4) is 5.75 Å². The Morgan fingerprint density at radius 3 is 2.95 bits per heavy atom. The number of halogens is 1. The van der Waals surface area contributed by atoms with Crippen molar-refractivity contribution in [2.24, 2.45) is 0 Å². The molecule has 0 bridgehead atoms. The lowest BCUT2D eigenvalue weighted by Crippen LogP contribution is -2.57. The first-order valence-electron chi connectivity index (χ1n) is 6.72. The van der Waals surface area contributed by atoms with Gasteiger partial charge < -0.3 is 9.84 Å². The number of pyridine rings is 1. The largest absolute Gasteiger partial charge is 0.481 e. The Bertz CT molecular complexity index is 539. The first kappa shape index (κ1) is 13.8. The monoisotopic (exact) mass is 340 g/mol. The molecule has 3 rings (SSSR count). The molecule has 0 radical (unpaired) electrons. The van der Waals surface area contributed by atoms with Crippen molar-refractivity contribution in [1.29, 1.82) is 0 Å². The Hall–Kier alpha value is -1.14. The Labute approximate surface area is 126 Å². The number of hydrogen-bond acceptors (Lipinski definition) is 4. The minimum atomic E-state index is -0.651. The van der Waals surface area contributed by atoms with Crippen molar-refractivity contribution in [3.05, 3.63) is 17.8 Å². The third-order valence-corrected chi connectivity index (χ3v) is 4.19. The standard InChI is InChI=1S/C14H17BrN2O3/c1-14(19)5-10(6-14)17-12(18)3-2-9-4-11(20-8-15)7-16-13(9)17/h4,7,10,19H,2-3,5-6,8H2,1H3. The Balaban J connectivity index is 1.88. The predicted octanol–water partition coefficient (Wildman–Crippen LogP) is 2.01. The molecule has 1 aliphatic heterocycles. The van der Waals surface area contributed by atoms with Crippen molar-refractivity contribution in [2.45, 2.75) is 44.2 Å². The number of hydrogen-bond donors (Lipinski definition) is 1. The number of nitrogens with zero attached hydrogens (tertiary/aromatic N) is 2. The highest BCUT2D eigenvalue weighted by Crippen LogP contribution is 2.40. The summed E-state index contributed by atoms with van der Waals surface area (Å²) in [5.41, 5.74) is 0.804. The summed E-state index contributed by atoms with van der Waals surface area (Å²) in [6.07, 6.45) is 4.05. The highest BCUT2D eigenvalue weighted by Gasteiger charge is 2.45. The van der Waals surface area contributed by atoms with E-state index in [1.807, 2.05) is 6.07 Å². The van der Waals surface area contributed by atoms with Crippen LogP contribution in [0.15, 0.2) is 12.3 Å². The molecule has 0 aromatic carbocycles. The molecule has 0 saturated heterocycles. The van der Waals surface area contributed by atoms with Gasteiger partial charge in [0.2, 0.25) is 5.91 Å². The number of carbonyl (C=O) groups excluding carboxylic acids is 1. The Morgan fingerprint density at radius 2 is 2.30 bits per heavy atom. The number of aliphatic hydroxyl groups is 1. The second-order valence-corrected chi connectivity index (χ2v) is 6.19. The van der Waals surface area contributed by atoms with Crippen LogP contribution in [0.2, 0.25) is 0 Å². The summed E-state index contributed by atoms with van der Waals surface area (Å²) in [5.74, 6) is 1.53. The van der Waals surface area contributed by atoms with E-state index < -0.39 is 5.60 Å². The maximum atomic E-state index is 12.2. The highest BCUT2D eigenvalue weighted by molar-refractivity contribution is 9.09.